The van der Waals surface area contributed by atoms with Crippen LogP contribution in [0.15, 0.2) is 52.1 Å². The van der Waals surface area contributed by atoms with Gasteiger partial charge in [-0.25, -0.2) is 4.99 Å². The number of hydrogen-bond acceptors (Lipinski definition) is 4. The number of furan rings is 1. The summed E-state index contributed by atoms with van der Waals surface area (Å²) in [7, 11) is 0. The van der Waals surface area contributed by atoms with Gasteiger partial charge in [-0.05, 0) is 69.1 Å². The molecule has 2 unspecified atom stereocenters. The van der Waals surface area contributed by atoms with Crippen molar-refractivity contribution in [3.8, 4) is 0 Å². The highest BCUT2D eigenvalue weighted by atomic mass is 127. The molecule has 0 radical (unpaired) electrons. The molecular formula is C25H38IN5O2. The molecule has 1 aromatic carbocycles. The molecule has 0 spiro atoms. The monoisotopic (exact) mass is 567 g/mol. The summed E-state index contributed by atoms with van der Waals surface area (Å²) in [5.74, 6) is 1.81. The second-order valence-corrected chi connectivity index (χ2v) is 8.35. The van der Waals surface area contributed by atoms with Crippen LogP contribution >= 0.6 is 24.0 Å². The maximum atomic E-state index is 12.2. The van der Waals surface area contributed by atoms with Gasteiger partial charge in [-0.15, -0.1) is 24.0 Å². The Bertz CT molecular complexity index is 865. The van der Waals surface area contributed by atoms with E-state index in [0.29, 0.717) is 6.54 Å². The van der Waals surface area contributed by atoms with E-state index in [4.69, 9.17) is 9.41 Å². The average Bonchev–Trinajstić information content (AvgIpc) is 3.52. The maximum Gasteiger partial charge on any atom is 0.227 e. The van der Waals surface area contributed by atoms with Crippen LogP contribution in [0, 0.1) is 5.92 Å². The number of benzene rings is 1. The molecule has 1 amide bonds. The van der Waals surface area contributed by atoms with Gasteiger partial charge in [0.15, 0.2) is 5.96 Å². The Morgan fingerprint density at radius 2 is 1.94 bits per heavy atom. The summed E-state index contributed by atoms with van der Waals surface area (Å²) < 4.78 is 5.72. The lowest BCUT2D eigenvalue weighted by molar-refractivity contribution is -0.119. The second-order valence-electron chi connectivity index (χ2n) is 8.35. The van der Waals surface area contributed by atoms with Gasteiger partial charge in [0, 0.05) is 24.7 Å². The Labute approximate surface area is 214 Å². The highest BCUT2D eigenvalue weighted by Crippen LogP contribution is 2.24. The van der Waals surface area contributed by atoms with E-state index in [0.717, 1.165) is 55.6 Å². The van der Waals surface area contributed by atoms with Crippen LogP contribution < -0.4 is 16.0 Å². The van der Waals surface area contributed by atoms with E-state index in [1.807, 2.05) is 50.2 Å². The third-order valence-electron chi connectivity index (χ3n) is 5.93. The summed E-state index contributed by atoms with van der Waals surface area (Å²) in [6, 6.07) is 12.1. The van der Waals surface area contributed by atoms with Crippen LogP contribution in [-0.4, -0.2) is 42.9 Å². The molecule has 33 heavy (non-hydrogen) atoms. The Hall–Kier alpha value is -2.07. The van der Waals surface area contributed by atoms with Crippen molar-refractivity contribution >= 4 is 41.5 Å². The minimum absolute atomic E-state index is 0. The van der Waals surface area contributed by atoms with Gasteiger partial charge in [0.25, 0.3) is 0 Å². The van der Waals surface area contributed by atoms with Gasteiger partial charge < -0.3 is 20.4 Å². The molecule has 1 aliphatic rings. The SMILES string of the molecule is CCNC(=NCc1cccc(NC(=O)C(C)CC)c1)NCC(c1ccco1)N1CCCC1.I. The third-order valence-corrected chi connectivity index (χ3v) is 5.93. The minimum Gasteiger partial charge on any atom is -0.468 e. The third kappa shape index (κ3) is 8.33. The molecule has 1 aliphatic heterocycles. The number of aliphatic imine (C=N–C) groups is 1. The number of nitrogens with zero attached hydrogens (tertiary/aromatic N) is 2. The van der Waals surface area contributed by atoms with Crippen molar-refractivity contribution in [1.82, 2.24) is 15.5 Å². The standard InChI is InChI=1S/C25H37N5O2.HI/c1-4-19(3)24(31)29-21-11-8-10-20(16-21)17-27-25(26-5-2)28-18-22(23-12-9-15-32-23)30-13-6-7-14-30;/h8-12,15-16,19,22H,4-7,13-14,17-18H2,1-3H3,(H,29,31)(H2,26,27,28);1H. The van der Waals surface area contributed by atoms with Crippen molar-refractivity contribution in [2.24, 2.45) is 10.9 Å². The number of anilines is 1. The molecular weight excluding hydrogens is 529 g/mol. The fourth-order valence-corrected chi connectivity index (χ4v) is 3.85. The zero-order chi connectivity index (χ0) is 22.8. The highest BCUT2D eigenvalue weighted by Gasteiger charge is 2.25. The van der Waals surface area contributed by atoms with E-state index >= 15 is 0 Å². The molecule has 0 bridgehead atoms. The van der Waals surface area contributed by atoms with Crippen LogP contribution in [0.2, 0.25) is 0 Å². The molecule has 182 valence electrons. The average molecular weight is 568 g/mol. The Kier molecular flexibility index (Phi) is 11.7. The number of amides is 1. The molecule has 8 heteroatoms. The molecule has 7 nitrogen and oxygen atoms in total. The molecule has 3 rings (SSSR count). The van der Waals surface area contributed by atoms with Crippen LogP contribution in [0.3, 0.4) is 0 Å². The number of likely N-dealkylation sites (tertiary alicyclic amines) is 1. The molecule has 1 saturated heterocycles. The van der Waals surface area contributed by atoms with Crippen LogP contribution in [0.25, 0.3) is 0 Å². The van der Waals surface area contributed by atoms with E-state index in [1.54, 1.807) is 6.26 Å². The van der Waals surface area contributed by atoms with Gasteiger partial charge in [0.05, 0.1) is 18.8 Å². The maximum absolute atomic E-state index is 12.2. The first-order valence-electron chi connectivity index (χ1n) is 11.8. The van der Waals surface area contributed by atoms with Crippen LogP contribution in [0.1, 0.15) is 57.4 Å². The molecule has 2 heterocycles. The second kappa shape index (κ2) is 14.2. The Morgan fingerprint density at radius 3 is 2.61 bits per heavy atom. The van der Waals surface area contributed by atoms with Crippen LogP contribution in [0.5, 0.6) is 0 Å². The van der Waals surface area contributed by atoms with Gasteiger partial charge in [0.2, 0.25) is 5.91 Å². The fraction of sp³-hybridized carbons (Fsp3) is 0.520. The molecule has 0 aliphatic carbocycles. The summed E-state index contributed by atoms with van der Waals surface area (Å²) in [6.45, 7) is 10.2. The molecule has 1 aromatic heterocycles. The summed E-state index contributed by atoms with van der Waals surface area (Å²) in [6.07, 6.45) is 5.03. The lowest BCUT2D eigenvalue weighted by Crippen LogP contribution is -2.42. The first kappa shape index (κ1) is 27.2. The number of halogens is 1. The zero-order valence-electron chi connectivity index (χ0n) is 20.0. The summed E-state index contributed by atoms with van der Waals surface area (Å²) in [5.41, 5.74) is 1.86. The smallest absolute Gasteiger partial charge is 0.227 e. The van der Waals surface area contributed by atoms with E-state index in [9.17, 15) is 4.79 Å². The largest absolute Gasteiger partial charge is 0.468 e. The molecule has 0 saturated carbocycles. The van der Waals surface area contributed by atoms with Gasteiger partial charge in [-0.1, -0.05) is 26.0 Å². The predicted molar refractivity (Wildman–Crippen MR) is 145 cm³/mol. The first-order chi connectivity index (χ1) is 15.6. The van der Waals surface area contributed by atoms with E-state index in [-0.39, 0.29) is 41.8 Å². The lowest BCUT2D eigenvalue weighted by atomic mass is 10.1. The lowest BCUT2D eigenvalue weighted by Gasteiger charge is -2.26. The van der Waals surface area contributed by atoms with E-state index < -0.39 is 0 Å². The van der Waals surface area contributed by atoms with Gasteiger partial charge in [-0.3, -0.25) is 9.69 Å². The Balaban J connectivity index is 0.00000385. The summed E-state index contributed by atoms with van der Waals surface area (Å²) in [5, 5.41) is 9.82. The van der Waals surface area contributed by atoms with E-state index in [2.05, 4.69) is 27.8 Å². The normalized spacial score (nSPS) is 16.0. The van der Waals surface area contributed by atoms with Crippen LogP contribution in [0.4, 0.5) is 5.69 Å². The molecule has 1 fully saturated rings. The number of hydrogen-bond donors (Lipinski definition) is 3. The quantitative estimate of drug-likeness (QED) is 0.219. The summed E-state index contributed by atoms with van der Waals surface area (Å²) in [4.78, 5) is 19.4. The van der Waals surface area contributed by atoms with Crippen molar-refractivity contribution in [2.75, 3.05) is 31.5 Å². The van der Waals surface area contributed by atoms with Gasteiger partial charge >= 0.3 is 0 Å². The predicted octanol–water partition coefficient (Wildman–Crippen LogP) is 4.77. The van der Waals surface area contributed by atoms with Crippen molar-refractivity contribution in [1.29, 1.82) is 0 Å². The fourth-order valence-electron chi connectivity index (χ4n) is 3.85. The topological polar surface area (TPSA) is 81.9 Å². The van der Waals surface area contributed by atoms with Crippen molar-refractivity contribution in [3.63, 3.8) is 0 Å². The minimum atomic E-state index is -0.000974. The summed E-state index contributed by atoms with van der Waals surface area (Å²) >= 11 is 0. The number of rotatable bonds is 10. The van der Waals surface area contributed by atoms with Crippen molar-refractivity contribution in [3.05, 3.63) is 54.0 Å². The van der Waals surface area contributed by atoms with Gasteiger partial charge in [-0.2, -0.15) is 0 Å². The van der Waals surface area contributed by atoms with Crippen LogP contribution in [-0.2, 0) is 11.3 Å². The highest BCUT2D eigenvalue weighted by molar-refractivity contribution is 14.0. The van der Waals surface area contributed by atoms with Crippen molar-refractivity contribution < 1.29 is 9.21 Å². The molecule has 3 N–H and O–H groups in total. The van der Waals surface area contributed by atoms with Crippen molar-refractivity contribution in [2.45, 2.75) is 52.6 Å². The molecule has 2 aromatic rings. The van der Waals surface area contributed by atoms with Gasteiger partial charge in [0.1, 0.15) is 5.76 Å². The first-order valence-corrected chi connectivity index (χ1v) is 11.8. The number of carbonyl (C=O) groups excluding carboxylic acids is 1. The molecule has 2 atom stereocenters. The number of guanidine groups is 1. The van der Waals surface area contributed by atoms with E-state index in [1.165, 1.54) is 12.8 Å². The zero-order valence-corrected chi connectivity index (χ0v) is 22.3. The number of nitrogens with one attached hydrogen (secondary N) is 3. The Morgan fingerprint density at radius 1 is 1.15 bits per heavy atom. The number of carbonyl (C=O) groups is 1.